The number of hydrazone groups is 1. The highest BCUT2D eigenvalue weighted by Crippen LogP contribution is 2.22. The smallest absolute Gasteiger partial charge is 0.225 e. The van der Waals surface area contributed by atoms with Crippen molar-refractivity contribution in [3.8, 4) is 0 Å². The fourth-order valence-corrected chi connectivity index (χ4v) is 2.64. The topological polar surface area (TPSA) is 40.0 Å². The summed E-state index contributed by atoms with van der Waals surface area (Å²) in [5, 5.41) is 7.16. The van der Waals surface area contributed by atoms with E-state index in [0.29, 0.717) is 5.92 Å². The lowest BCUT2D eigenvalue weighted by atomic mass is 10.1. The highest BCUT2D eigenvalue weighted by atomic mass is 35.5. The van der Waals surface area contributed by atoms with Crippen molar-refractivity contribution in [2.75, 3.05) is 6.54 Å². The Balaban J connectivity index is 2.77. The van der Waals surface area contributed by atoms with Crippen LogP contribution in [0.3, 0.4) is 0 Å². The number of guanidine groups is 1. The lowest BCUT2D eigenvalue weighted by molar-refractivity contribution is 0.429. The number of halogens is 1. The van der Waals surface area contributed by atoms with E-state index < -0.39 is 0 Å². The van der Waals surface area contributed by atoms with Gasteiger partial charge in [-0.2, -0.15) is 5.10 Å². The van der Waals surface area contributed by atoms with E-state index in [2.05, 4.69) is 48.6 Å². The van der Waals surface area contributed by atoms with Gasteiger partial charge in [0, 0.05) is 28.1 Å². The van der Waals surface area contributed by atoms with Crippen LogP contribution in [0.1, 0.15) is 47.5 Å². The van der Waals surface area contributed by atoms with Crippen LogP contribution in [0.4, 0.5) is 0 Å². The first-order chi connectivity index (χ1) is 10.5. The Morgan fingerprint density at radius 2 is 2.27 bits per heavy atom. The Bertz CT molecular complexity index is 465. The number of allylic oxidation sites excluding steroid dienone is 3. The fourth-order valence-electron chi connectivity index (χ4n) is 1.80. The third kappa shape index (κ3) is 6.44. The van der Waals surface area contributed by atoms with Crippen LogP contribution in [0.25, 0.3) is 0 Å². The maximum atomic E-state index is 6.16. The van der Waals surface area contributed by atoms with E-state index in [4.69, 9.17) is 11.6 Å². The summed E-state index contributed by atoms with van der Waals surface area (Å²) < 4.78 is 3.31. The molecule has 0 bridgehead atoms. The van der Waals surface area contributed by atoms with Gasteiger partial charge in [0.1, 0.15) is 0 Å². The molecule has 1 aliphatic rings. The average molecular weight is 343 g/mol. The maximum Gasteiger partial charge on any atom is 0.225 e. The molecule has 124 valence electrons. The summed E-state index contributed by atoms with van der Waals surface area (Å²) in [6, 6.07) is 0.203. The lowest BCUT2D eigenvalue weighted by Crippen LogP contribution is -2.35. The molecule has 0 saturated heterocycles. The summed E-state index contributed by atoms with van der Waals surface area (Å²) in [5.41, 5.74) is 0. The van der Waals surface area contributed by atoms with Crippen LogP contribution < -0.4 is 4.72 Å². The second-order valence-corrected chi connectivity index (χ2v) is 6.89. The van der Waals surface area contributed by atoms with Gasteiger partial charge in [-0.05, 0) is 51.6 Å². The van der Waals surface area contributed by atoms with Crippen LogP contribution in [0.2, 0.25) is 0 Å². The molecule has 0 aromatic heterocycles. The van der Waals surface area contributed by atoms with Gasteiger partial charge in [0.2, 0.25) is 5.96 Å². The Hall–Kier alpha value is -0.940. The number of nitrogens with one attached hydrogen (secondary N) is 1. The summed E-state index contributed by atoms with van der Waals surface area (Å²) in [6.45, 7) is 11.2. The van der Waals surface area contributed by atoms with Crippen molar-refractivity contribution in [3.63, 3.8) is 0 Å². The van der Waals surface area contributed by atoms with E-state index in [1.807, 2.05) is 24.2 Å². The number of hydrogen-bond acceptors (Lipinski definition) is 3. The highest BCUT2D eigenvalue weighted by molar-refractivity contribution is 8.02. The molecule has 1 aliphatic heterocycles. The molecule has 4 nitrogen and oxygen atoms in total. The second kappa shape index (κ2) is 9.95. The van der Waals surface area contributed by atoms with E-state index in [-0.39, 0.29) is 6.04 Å². The van der Waals surface area contributed by atoms with Gasteiger partial charge in [-0.1, -0.05) is 31.5 Å². The van der Waals surface area contributed by atoms with E-state index in [1.165, 1.54) is 11.9 Å². The van der Waals surface area contributed by atoms with Crippen LogP contribution in [0.5, 0.6) is 0 Å². The summed E-state index contributed by atoms with van der Waals surface area (Å²) in [5.74, 6) is 1.28. The molecule has 6 heteroatoms. The third-order valence-corrected chi connectivity index (χ3v) is 4.33. The minimum atomic E-state index is 0.203. The highest BCUT2D eigenvalue weighted by Gasteiger charge is 2.21. The molecule has 1 rings (SSSR count). The molecule has 0 aliphatic carbocycles. The molecule has 0 aromatic carbocycles. The van der Waals surface area contributed by atoms with E-state index in [9.17, 15) is 0 Å². The zero-order valence-corrected chi connectivity index (χ0v) is 15.7. The van der Waals surface area contributed by atoms with Crippen LogP contribution in [0, 0.1) is 5.92 Å². The molecule has 0 saturated carbocycles. The van der Waals surface area contributed by atoms with Crippen molar-refractivity contribution >= 4 is 35.7 Å². The fraction of sp³-hybridized carbons (Fsp3) is 0.625. The molecule has 1 atom stereocenters. The molecular formula is C16H27ClN4S. The van der Waals surface area contributed by atoms with Gasteiger partial charge in [-0.15, -0.1) is 0 Å². The largest absolute Gasteiger partial charge is 0.295 e. The third-order valence-electron chi connectivity index (χ3n) is 3.07. The molecule has 0 spiro atoms. The number of aliphatic imine (C=N–C) groups is 1. The quantitative estimate of drug-likeness (QED) is 0.327. The summed E-state index contributed by atoms with van der Waals surface area (Å²) in [7, 11) is 0. The number of hydrogen-bond donors (Lipinski definition) is 1. The first kappa shape index (κ1) is 19.1. The molecule has 1 unspecified atom stereocenters. The van der Waals surface area contributed by atoms with E-state index in [1.54, 1.807) is 0 Å². The normalized spacial score (nSPS) is 20.2. The predicted octanol–water partition coefficient (Wildman–Crippen LogP) is 4.75. The Morgan fingerprint density at radius 1 is 1.55 bits per heavy atom. The molecular weight excluding hydrogens is 316 g/mol. The zero-order chi connectivity index (χ0) is 16.5. The van der Waals surface area contributed by atoms with Crippen LogP contribution in [-0.4, -0.2) is 29.8 Å². The Kier molecular flexibility index (Phi) is 8.64. The number of nitrogens with zero attached hydrogens (tertiary/aromatic N) is 3. The Labute approximate surface area is 143 Å². The van der Waals surface area contributed by atoms with Gasteiger partial charge in [0.25, 0.3) is 0 Å². The van der Waals surface area contributed by atoms with Gasteiger partial charge < -0.3 is 0 Å². The SMILES string of the molecule is CC/C=C\C(SNC(=NC(C)C)N1CC(CC)C=N1)=C(/C)Cl. The second-order valence-electron chi connectivity index (χ2n) is 5.47. The molecule has 0 aromatic rings. The van der Waals surface area contributed by atoms with Gasteiger partial charge >= 0.3 is 0 Å². The summed E-state index contributed by atoms with van der Waals surface area (Å²) >= 11 is 7.64. The van der Waals surface area contributed by atoms with Crippen molar-refractivity contribution in [3.05, 3.63) is 22.1 Å². The molecule has 1 N–H and O–H groups in total. The van der Waals surface area contributed by atoms with Crippen LogP contribution in [0.15, 0.2) is 32.2 Å². The van der Waals surface area contributed by atoms with Crippen molar-refractivity contribution in [2.45, 2.75) is 53.5 Å². The van der Waals surface area contributed by atoms with Crippen LogP contribution in [-0.2, 0) is 0 Å². The van der Waals surface area contributed by atoms with Crippen molar-refractivity contribution in [1.29, 1.82) is 0 Å². The summed E-state index contributed by atoms with van der Waals surface area (Å²) in [4.78, 5) is 5.64. The standard InChI is InChI=1S/C16H27ClN4S/c1-6-8-9-15(13(5)17)22-20-16(19-12(3)4)21-11-14(7-2)10-18-21/h8-10,12,14H,6-7,11H2,1-5H3,(H,19,20)/b9-8-,15-13-. The molecule has 22 heavy (non-hydrogen) atoms. The van der Waals surface area contributed by atoms with Crippen molar-refractivity contribution in [1.82, 2.24) is 9.73 Å². The monoisotopic (exact) mass is 342 g/mol. The van der Waals surface area contributed by atoms with E-state index in [0.717, 1.165) is 35.3 Å². The molecule has 0 amide bonds. The maximum absolute atomic E-state index is 6.16. The Morgan fingerprint density at radius 3 is 2.77 bits per heavy atom. The zero-order valence-electron chi connectivity index (χ0n) is 14.1. The molecule has 1 heterocycles. The van der Waals surface area contributed by atoms with Crippen molar-refractivity contribution < 1.29 is 0 Å². The minimum Gasteiger partial charge on any atom is -0.295 e. The predicted molar refractivity (Wildman–Crippen MR) is 100 cm³/mol. The summed E-state index contributed by atoms with van der Waals surface area (Å²) in [6.07, 6.45) is 8.21. The van der Waals surface area contributed by atoms with E-state index >= 15 is 0 Å². The number of rotatable bonds is 6. The molecule has 0 radical (unpaired) electrons. The van der Waals surface area contributed by atoms with Gasteiger partial charge in [0.05, 0.1) is 6.54 Å². The van der Waals surface area contributed by atoms with Gasteiger partial charge in [0.15, 0.2) is 0 Å². The first-order valence-electron chi connectivity index (χ1n) is 7.83. The van der Waals surface area contributed by atoms with Gasteiger partial charge in [-0.25, -0.2) is 10.0 Å². The van der Waals surface area contributed by atoms with Gasteiger partial charge in [-0.3, -0.25) is 4.72 Å². The lowest BCUT2D eigenvalue weighted by Gasteiger charge is -2.20. The average Bonchev–Trinajstić information content (AvgIpc) is 2.94. The molecule has 0 fully saturated rings. The first-order valence-corrected chi connectivity index (χ1v) is 9.02. The van der Waals surface area contributed by atoms with Crippen LogP contribution >= 0.6 is 23.5 Å². The van der Waals surface area contributed by atoms with Crippen molar-refractivity contribution in [2.24, 2.45) is 16.0 Å². The minimum absolute atomic E-state index is 0.203.